The molecule has 2 aromatic carbocycles. The number of ether oxygens (including phenoxy) is 1. The third-order valence-corrected chi connectivity index (χ3v) is 4.76. The van der Waals surface area contributed by atoms with Crippen LogP contribution in [-0.4, -0.2) is 18.1 Å². The van der Waals surface area contributed by atoms with E-state index in [0.29, 0.717) is 11.7 Å². The summed E-state index contributed by atoms with van der Waals surface area (Å²) in [6, 6.07) is 15.1. The van der Waals surface area contributed by atoms with E-state index in [4.69, 9.17) is 4.74 Å². The summed E-state index contributed by atoms with van der Waals surface area (Å²) in [7, 11) is 1.62. The van der Waals surface area contributed by atoms with Crippen LogP contribution < -0.4 is 15.4 Å². The average Bonchev–Trinajstić information content (AvgIpc) is 3.09. The van der Waals surface area contributed by atoms with Crippen molar-refractivity contribution in [1.82, 2.24) is 10.3 Å². The molecule has 0 saturated heterocycles. The Labute approximate surface area is 158 Å². The van der Waals surface area contributed by atoms with E-state index < -0.39 is 0 Å². The second-order valence-corrected chi connectivity index (χ2v) is 6.97. The van der Waals surface area contributed by atoms with Crippen LogP contribution in [0.15, 0.2) is 58.4 Å². The van der Waals surface area contributed by atoms with Crippen molar-refractivity contribution in [3.8, 4) is 17.0 Å². The van der Waals surface area contributed by atoms with Crippen molar-refractivity contribution in [3.05, 3.63) is 63.9 Å². The molecule has 7 heteroatoms. The minimum atomic E-state index is -0.285. The Morgan fingerprint density at radius 2 is 1.88 bits per heavy atom. The van der Waals surface area contributed by atoms with Gasteiger partial charge in [0.15, 0.2) is 5.13 Å². The van der Waals surface area contributed by atoms with Gasteiger partial charge in [0.2, 0.25) is 0 Å². The number of carbonyl (C=O) groups excluding carboxylic acids is 1. The first-order valence-corrected chi connectivity index (χ1v) is 9.20. The fourth-order valence-corrected chi connectivity index (χ4v) is 3.13. The van der Waals surface area contributed by atoms with Crippen molar-refractivity contribution in [1.29, 1.82) is 0 Å². The lowest BCUT2D eigenvalue weighted by Crippen LogP contribution is -2.28. The molecule has 128 valence electrons. The highest BCUT2D eigenvalue weighted by molar-refractivity contribution is 9.10. The molecule has 1 heterocycles. The molecular formula is C18H16BrN3O2S. The van der Waals surface area contributed by atoms with Gasteiger partial charge in [-0.3, -0.25) is 5.32 Å². The van der Waals surface area contributed by atoms with E-state index in [1.807, 2.05) is 53.9 Å². The fourth-order valence-electron chi connectivity index (χ4n) is 2.15. The molecular weight excluding hydrogens is 402 g/mol. The number of nitrogens with one attached hydrogen (secondary N) is 2. The van der Waals surface area contributed by atoms with E-state index >= 15 is 0 Å². The SMILES string of the molecule is COc1ccc(CNC(=O)Nc2nc(-c3ccc(Br)cc3)cs2)cc1. The number of benzene rings is 2. The minimum absolute atomic E-state index is 0.285. The van der Waals surface area contributed by atoms with E-state index in [1.54, 1.807) is 7.11 Å². The number of amides is 2. The zero-order valence-corrected chi connectivity index (χ0v) is 15.9. The molecule has 2 N–H and O–H groups in total. The zero-order chi connectivity index (χ0) is 17.6. The van der Waals surface area contributed by atoms with Crippen molar-refractivity contribution in [2.24, 2.45) is 0 Å². The lowest BCUT2D eigenvalue weighted by Gasteiger charge is -2.06. The quantitative estimate of drug-likeness (QED) is 0.620. The highest BCUT2D eigenvalue weighted by Crippen LogP contribution is 2.26. The van der Waals surface area contributed by atoms with Gasteiger partial charge in [0.05, 0.1) is 12.8 Å². The van der Waals surface area contributed by atoms with Gasteiger partial charge in [-0.2, -0.15) is 0 Å². The summed E-state index contributed by atoms with van der Waals surface area (Å²) < 4.78 is 6.13. The first-order chi connectivity index (χ1) is 12.1. The summed E-state index contributed by atoms with van der Waals surface area (Å²) in [4.78, 5) is 16.5. The Morgan fingerprint density at radius 1 is 1.16 bits per heavy atom. The fraction of sp³-hybridized carbons (Fsp3) is 0.111. The van der Waals surface area contributed by atoms with E-state index in [2.05, 4.69) is 31.5 Å². The lowest BCUT2D eigenvalue weighted by molar-refractivity contribution is 0.251. The van der Waals surface area contributed by atoms with Crippen LogP contribution in [-0.2, 0) is 6.54 Å². The number of rotatable bonds is 5. The molecule has 0 unspecified atom stereocenters. The van der Waals surface area contributed by atoms with Gasteiger partial charge in [0.1, 0.15) is 5.75 Å². The average molecular weight is 418 g/mol. The number of methoxy groups -OCH3 is 1. The van der Waals surface area contributed by atoms with E-state index in [0.717, 1.165) is 27.0 Å². The Bertz CT molecular complexity index is 848. The van der Waals surface area contributed by atoms with Gasteiger partial charge in [0.25, 0.3) is 0 Å². The number of carbonyl (C=O) groups is 1. The molecule has 0 atom stereocenters. The maximum Gasteiger partial charge on any atom is 0.321 e. The number of anilines is 1. The van der Waals surface area contributed by atoms with Gasteiger partial charge in [-0.15, -0.1) is 11.3 Å². The van der Waals surface area contributed by atoms with Gasteiger partial charge in [-0.25, -0.2) is 9.78 Å². The molecule has 3 rings (SSSR count). The summed E-state index contributed by atoms with van der Waals surface area (Å²) >= 11 is 4.80. The van der Waals surface area contributed by atoms with E-state index in [1.165, 1.54) is 11.3 Å². The molecule has 2 amide bonds. The number of aromatic nitrogens is 1. The maximum atomic E-state index is 12.0. The van der Waals surface area contributed by atoms with Crippen molar-refractivity contribution in [2.75, 3.05) is 12.4 Å². The van der Waals surface area contributed by atoms with Gasteiger partial charge in [0, 0.05) is 22.0 Å². The predicted molar refractivity (Wildman–Crippen MR) is 104 cm³/mol. The van der Waals surface area contributed by atoms with Gasteiger partial charge >= 0.3 is 6.03 Å². The number of hydrogen-bond acceptors (Lipinski definition) is 4. The highest BCUT2D eigenvalue weighted by Gasteiger charge is 2.08. The smallest absolute Gasteiger partial charge is 0.321 e. The molecule has 3 aromatic rings. The molecule has 0 fully saturated rings. The topological polar surface area (TPSA) is 63.2 Å². The second kappa shape index (κ2) is 8.13. The van der Waals surface area contributed by atoms with Crippen molar-refractivity contribution >= 4 is 38.4 Å². The van der Waals surface area contributed by atoms with Crippen LogP contribution in [0.3, 0.4) is 0 Å². The third-order valence-electron chi connectivity index (χ3n) is 3.48. The molecule has 25 heavy (non-hydrogen) atoms. The third kappa shape index (κ3) is 4.80. The molecule has 1 aromatic heterocycles. The summed E-state index contributed by atoms with van der Waals surface area (Å²) in [6.45, 7) is 0.431. The number of nitrogens with zero attached hydrogens (tertiary/aromatic N) is 1. The van der Waals surface area contributed by atoms with Crippen LogP contribution in [0.5, 0.6) is 5.75 Å². The molecule has 0 saturated carbocycles. The van der Waals surface area contributed by atoms with E-state index in [-0.39, 0.29) is 6.03 Å². The van der Waals surface area contributed by atoms with Crippen LogP contribution >= 0.6 is 27.3 Å². The normalized spacial score (nSPS) is 10.3. The summed E-state index contributed by atoms with van der Waals surface area (Å²) in [6.07, 6.45) is 0. The van der Waals surface area contributed by atoms with Crippen LogP contribution in [0.4, 0.5) is 9.93 Å². The van der Waals surface area contributed by atoms with Gasteiger partial charge < -0.3 is 10.1 Å². The Morgan fingerprint density at radius 3 is 2.56 bits per heavy atom. The van der Waals surface area contributed by atoms with E-state index in [9.17, 15) is 4.79 Å². The highest BCUT2D eigenvalue weighted by atomic mass is 79.9. The first kappa shape index (κ1) is 17.4. The predicted octanol–water partition coefficient (Wildman–Crippen LogP) is 4.90. The molecule has 0 aliphatic rings. The monoisotopic (exact) mass is 417 g/mol. The van der Waals surface area contributed by atoms with Crippen LogP contribution in [0, 0.1) is 0 Å². The summed E-state index contributed by atoms with van der Waals surface area (Å²) in [5.74, 6) is 0.788. The number of urea groups is 1. The number of thiazole rings is 1. The first-order valence-electron chi connectivity index (χ1n) is 7.53. The van der Waals surface area contributed by atoms with Crippen LogP contribution in [0.25, 0.3) is 11.3 Å². The summed E-state index contributed by atoms with van der Waals surface area (Å²) in [5.41, 5.74) is 2.83. The number of halogens is 1. The zero-order valence-electron chi connectivity index (χ0n) is 13.5. The Hall–Kier alpha value is -2.38. The van der Waals surface area contributed by atoms with Crippen molar-refractivity contribution in [2.45, 2.75) is 6.54 Å². The molecule has 0 aliphatic heterocycles. The Balaban J connectivity index is 1.55. The Kier molecular flexibility index (Phi) is 5.67. The summed E-state index contributed by atoms with van der Waals surface area (Å²) in [5, 5.41) is 8.05. The van der Waals surface area contributed by atoms with Crippen molar-refractivity contribution in [3.63, 3.8) is 0 Å². The minimum Gasteiger partial charge on any atom is -0.497 e. The van der Waals surface area contributed by atoms with Crippen molar-refractivity contribution < 1.29 is 9.53 Å². The van der Waals surface area contributed by atoms with Gasteiger partial charge in [-0.05, 0) is 29.8 Å². The molecule has 0 spiro atoms. The standard InChI is InChI=1S/C18H16BrN3O2S/c1-24-15-8-2-12(3-9-15)10-20-17(23)22-18-21-16(11-25-18)13-4-6-14(19)7-5-13/h2-9,11H,10H2,1H3,(H2,20,21,22,23). The van der Waals surface area contributed by atoms with Gasteiger partial charge in [-0.1, -0.05) is 40.2 Å². The van der Waals surface area contributed by atoms with Crippen LogP contribution in [0.2, 0.25) is 0 Å². The molecule has 5 nitrogen and oxygen atoms in total. The molecule has 0 aliphatic carbocycles. The lowest BCUT2D eigenvalue weighted by atomic mass is 10.2. The molecule has 0 radical (unpaired) electrons. The van der Waals surface area contributed by atoms with Crippen LogP contribution in [0.1, 0.15) is 5.56 Å². The largest absolute Gasteiger partial charge is 0.497 e. The number of hydrogen-bond donors (Lipinski definition) is 2. The second-order valence-electron chi connectivity index (χ2n) is 5.20. The molecule has 0 bridgehead atoms. The maximum absolute atomic E-state index is 12.0.